The molecule has 0 aromatic heterocycles. The van der Waals surface area contributed by atoms with Gasteiger partial charge < -0.3 is 10.4 Å². The second kappa shape index (κ2) is 3.18. The predicted octanol–water partition coefficient (Wildman–Crippen LogP) is -0.876. The number of aliphatic hydroxyl groups excluding tert-OH is 1. The third-order valence-electron chi connectivity index (χ3n) is 2.17. The summed E-state index contributed by atoms with van der Waals surface area (Å²) in [6, 6.07) is 2.07. The maximum atomic E-state index is 9.03. The highest BCUT2D eigenvalue weighted by molar-refractivity contribution is 4.96. The summed E-state index contributed by atoms with van der Waals surface area (Å²) in [6.45, 7) is 3.88. The molecular weight excluding hydrogens is 142 g/mol. The highest BCUT2D eigenvalue weighted by Gasteiger charge is 2.35. The molecule has 1 aliphatic rings. The lowest BCUT2D eigenvalue weighted by molar-refractivity contribution is 0.0983. The maximum Gasteiger partial charge on any atom is 0.0881 e. The topological polar surface area (TPSA) is 59.3 Å². The monoisotopic (exact) mass is 155 g/mol. The molecule has 0 amide bonds. The lowest BCUT2D eigenvalue weighted by atomic mass is 10.0. The first-order chi connectivity index (χ1) is 5.23. The summed E-state index contributed by atoms with van der Waals surface area (Å²) in [5, 5.41) is 20.6. The molecule has 4 heteroatoms. The number of hydrogen-bond acceptors (Lipinski definition) is 4. The lowest BCUT2D eigenvalue weighted by Crippen LogP contribution is -2.46. The molecule has 0 aromatic rings. The molecule has 1 fully saturated rings. The number of aliphatic hydroxyl groups is 1. The van der Waals surface area contributed by atoms with Gasteiger partial charge in [-0.1, -0.05) is 0 Å². The van der Waals surface area contributed by atoms with E-state index in [1.54, 1.807) is 0 Å². The number of hydrogen-bond donors (Lipinski definition) is 2. The Morgan fingerprint density at radius 3 is 3.09 bits per heavy atom. The van der Waals surface area contributed by atoms with Crippen LogP contribution in [0.3, 0.4) is 0 Å². The Balaban J connectivity index is 2.58. The fourth-order valence-corrected chi connectivity index (χ4v) is 1.25. The molecule has 0 bridgehead atoms. The van der Waals surface area contributed by atoms with Crippen molar-refractivity contribution in [2.75, 3.05) is 26.4 Å². The molecule has 1 rings (SSSR count). The number of rotatable bonds is 2. The van der Waals surface area contributed by atoms with Gasteiger partial charge in [-0.2, -0.15) is 5.26 Å². The minimum absolute atomic E-state index is 0.0989. The van der Waals surface area contributed by atoms with Crippen LogP contribution in [0.4, 0.5) is 0 Å². The van der Waals surface area contributed by atoms with Crippen molar-refractivity contribution in [2.24, 2.45) is 0 Å². The van der Waals surface area contributed by atoms with Gasteiger partial charge >= 0.3 is 0 Å². The summed E-state index contributed by atoms with van der Waals surface area (Å²) < 4.78 is 0. The van der Waals surface area contributed by atoms with Crippen molar-refractivity contribution in [3.8, 4) is 6.07 Å². The van der Waals surface area contributed by atoms with E-state index in [0.29, 0.717) is 13.2 Å². The molecule has 62 valence electrons. The second-order valence-electron chi connectivity index (χ2n) is 3.10. The van der Waals surface area contributed by atoms with Crippen molar-refractivity contribution in [1.82, 2.24) is 10.2 Å². The van der Waals surface area contributed by atoms with E-state index in [4.69, 9.17) is 10.4 Å². The van der Waals surface area contributed by atoms with Crippen LogP contribution in [-0.2, 0) is 0 Å². The third-order valence-corrected chi connectivity index (χ3v) is 2.17. The van der Waals surface area contributed by atoms with Crippen molar-refractivity contribution in [3.63, 3.8) is 0 Å². The van der Waals surface area contributed by atoms with Crippen molar-refractivity contribution in [3.05, 3.63) is 0 Å². The average molecular weight is 155 g/mol. The third kappa shape index (κ3) is 1.51. The van der Waals surface area contributed by atoms with Crippen LogP contribution in [0.1, 0.15) is 6.92 Å². The van der Waals surface area contributed by atoms with Gasteiger partial charge in [0.15, 0.2) is 0 Å². The van der Waals surface area contributed by atoms with Gasteiger partial charge in [-0.25, -0.2) is 0 Å². The minimum Gasteiger partial charge on any atom is -0.394 e. The van der Waals surface area contributed by atoms with E-state index >= 15 is 0 Å². The summed E-state index contributed by atoms with van der Waals surface area (Å²) in [5.74, 6) is 0. The average Bonchev–Trinajstić information content (AvgIpc) is 2.35. The van der Waals surface area contributed by atoms with Crippen LogP contribution in [0.5, 0.6) is 0 Å². The molecule has 1 saturated heterocycles. The van der Waals surface area contributed by atoms with E-state index in [1.807, 2.05) is 11.8 Å². The van der Waals surface area contributed by atoms with Gasteiger partial charge in [0.2, 0.25) is 0 Å². The normalized spacial score (nSPS) is 32.1. The quantitative estimate of drug-likeness (QED) is 0.509. The molecule has 0 aliphatic carbocycles. The highest BCUT2D eigenvalue weighted by atomic mass is 16.3. The molecule has 4 nitrogen and oxygen atoms in total. The Bertz CT molecular complexity index is 177. The summed E-state index contributed by atoms with van der Waals surface area (Å²) in [4.78, 5) is 1.94. The Morgan fingerprint density at radius 1 is 1.82 bits per heavy atom. The summed E-state index contributed by atoms with van der Waals surface area (Å²) >= 11 is 0. The Hall–Kier alpha value is -0.630. The molecule has 0 aromatic carbocycles. The van der Waals surface area contributed by atoms with Crippen LogP contribution in [0.15, 0.2) is 0 Å². The Kier molecular flexibility index (Phi) is 2.45. The van der Waals surface area contributed by atoms with Gasteiger partial charge in [0, 0.05) is 13.2 Å². The second-order valence-corrected chi connectivity index (χ2v) is 3.10. The van der Waals surface area contributed by atoms with Gasteiger partial charge in [0.1, 0.15) is 0 Å². The van der Waals surface area contributed by atoms with Crippen LogP contribution in [0.25, 0.3) is 0 Å². The summed E-state index contributed by atoms with van der Waals surface area (Å²) in [7, 11) is 0. The van der Waals surface area contributed by atoms with Gasteiger partial charge in [-0.05, 0) is 6.92 Å². The van der Waals surface area contributed by atoms with Crippen molar-refractivity contribution in [1.29, 1.82) is 5.26 Å². The van der Waals surface area contributed by atoms with Gasteiger partial charge in [0.05, 0.1) is 24.8 Å². The molecule has 1 atom stereocenters. The van der Waals surface area contributed by atoms with E-state index in [-0.39, 0.29) is 12.1 Å². The first-order valence-corrected chi connectivity index (χ1v) is 3.66. The van der Waals surface area contributed by atoms with E-state index in [9.17, 15) is 0 Å². The predicted molar refractivity (Wildman–Crippen MR) is 40.7 cm³/mol. The Labute approximate surface area is 66.4 Å². The first kappa shape index (κ1) is 8.47. The van der Waals surface area contributed by atoms with Crippen LogP contribution < -0.4 is 5.32 Å². The van der Waals surface area contributed by atoms with E-state index < -0.39 is 0 Å². The molecule has 1 aliphatic heterocycles. The zero-order valence-corrected chi connectivity index (χ0v) is 6.67. The summed E-state index contributed by atoms with van der Waals surface area (Å²) in [5.41, 5.74) is -0.240. The van der Waals surface area contributed by atoms with Crippen molar-refractivity contribution in [2.45, 2.75) is 12.5 Å². The van der Waals surface area contributed by atoms with Crippen molar-refractivity contribution < 1.29 is 5.11 Å². The SMILES string of the molecule is CC1(CO)CNCN1CC#N. The molecule has 11 heavy (non-hydrogen) atoms. The number of nitrogens with one attached hydrogen (secondary N) is 1. The molecule has 0 radical (unpaired) electrons. The minimum atomic E-state index is -0.240. The van der Waals surface area contributed by atoms with E-state index in [2.05, 4.69) is 11.4 Å². The van der Waals surface area contributed by atoms with Crippen LogP contribution >= 0.6 is 0 Å². The molecule has 1 unspecified atom stereocenters. The Morgan fingerprint density at radius 2 is 2.55 bits per heavy atom. The lowest BCUT2D eigenvalue weighted by Gasteiger charge is -2.29. The summed E-state index contributed by atoms with van der Waals surface area (Å²) in [6.07, 6.45) is 0. The van der Waals surface area contributed by atoms with Gasteiger partial charge in [0.25, 0.3) is 0 Å². The largest absolute Gasteiger partial charge is 0.394 e. The fraction of sp³-hybridized carbons (Fsp3) is 0.857. The van der Waals surface area contributed by atoms with Crippen LogP contribution in [0.2, 0.25) is 0 Å². The zero-order chi connectivity index (χ0) is 8.32. The molecular formula is C7H13N3O. The van der Waals surface area contributed by atoms with Crippen LogP contribution in [-0.4, -0.2) is 41.9 Å². The maximum absolute atomic E-state index is 9.03. The van der Waals surface area contributed by atoms with Crippen molar-refractivity contribution >= 4 is 0 Å². The standard InChI is InChI=1S/C7H13N3O/c1-7(5-11)4-9-6-10(7)3-2-8/h9,11H,3-6H2,1H3. The molecule has 0 saturated carbocycles. The van der Waals surface area contributed by atoms with Gasteiger partial charge in [-0.3, -0.25) is 4.90 Å². The highest BCUT2D eigenvalue weighted by Crippen LogP contribution is 2.16. The zero-order valence-electron chi connectivity index (χ0n) is 6.67. The van der Waals surface area contributed by atoms with E-state index in [0.717, 1.165) is 6.54 Å². The smallest absolute Gasteiger partial charge is 0.0881 e. The van der Waals surface area contributed by atoms with Crippen LogP contribution in [0, 0.1) is 11.3 Å². The number of nitrogens with zero attached hydrogens (tertiary/aromatic N) is 2. The molecule has 2 N–H and O–H groups in total. The van der Waals surface area contributed by atoms with E-state index in [1.165, 1.54) is 0 Å². The first-order valence-electron chi connectivity index (χ1n) is 3.66. The molecule has 0 spiro atoms. The number of nitriles is 1. The molecule has 1 heterocycles. The fourth-order valence-electron chi connectivity index (χ4n) is 1.25. The van der Waals surface area contributed by atoms with Gasteiger partial charge in [-0.15, -0.1) is 0 Å².